The second-order valence-electron chi connectivity index (χ2n) is 9.58. The Morgan fingerprint density at radius 1 is 1.08 bits per heavy atom. The number of thiazole rings is 1. The van der Waals surface area contributed by atoms with Gasteiger partial charge in [-0.25, -0.2) is 19.2 Å². The molecule has 6 rings (SSSR count). The Morgan fingerprint density at radius 3 is 2.62 bits per heavy atom. The molecular weight excluding hydrogens is 493 g/mol. The summed E-state index contributed by atoms with van der Waals surface area (Å²) in [5.74, 6) is -0.890. The van der Waals surface area contributed by atoms with Gasteiger partial charge in [0.05, 0.1) is 12.2 Å². The lowest BCUT2D eigenvalue weighted by molar-refractivity contribution is 0.0131. The highest BCUT2D eigenvalue weighted by Gasteiger charge is 2.47. The van der Waals surface area contributed by atoms with E-state index < -0.39 is 18.1 Å². The number of rotatable bonds is 5. The second kappa shape index (κ2) is 9.23. The number of benzene rings is 2. The molecule has 0 unspecified atom stereocenters. The van der Waals surface area contributed by atoms with Gasteiger partial charge in [-0.15, -0.1) is 0 Å². The Bertz CT molecular complexity index is 1500. The molecule has 1 aliphatic heterocycles. The number of likely N-dealkylation sites (tertiary alicyclic amines) is 1. The maximum atomic E-state index is 15.2. The van der Waals surface area contributed by atoms with Crippen LogP contribution in [0.15, 0.2) is 60.7 Å². The highest BCUT2D eigenvalue weighted by molar-refractivity contribution is 7.21. The van der Waals surface area contributed by atoms with Crippen LogP contribution >= 0.6 is 11.3 Å². The molecule has 2 aliphatic rings. The summed E-state index contributed by atoms with van der Waals surface area (Å²) in [5, 5.41) is 9.37. The molecule has 1 N–H and O–H groups in total. The van der Waals surface area contributed by atoms with Gasteiger partial charge in [-0.05, 0) is 61.6 Å². The molecule has 1 saturated carbocycles. The molecule has 9 heteroatoms. The van der Waals surface area contributed by atoms with Crippen LogP contribution < -0.4 is 0 Å². The van der Waals surface area contributed by atoms with Gasteiger partial charge >= 0.3 is 6.16 Å². The topological polar surface area (TPSA) is 92.6 Å². The van der Waals surface area contributed by atoms with Gasteiger partial charge in [0.25, 0.3) is 5.91 Å². The molecule has 1 aliphatic carbocycles. The summed E-state index contributed by atoms with van der Waals surface area (Å²) in [6.07, 6.45) is 1.34. The van der Waals surface area contributed by atoms with Crippen molar-refractivity contribution >= 4 is 33.7 Å². The summed E-state index contributed by atoms with van der Waals surface area (Å²) in [5.41, 5.74) is 3.44. The molecule has 1 atom stereocenters. The number of carboxylic acid groups (broad SMARTS) is 1. The lowest BCUT2D eigenvalue weighted by atomic mass is 9.92. The smallest absolute Gasteiger partial charge is 0.450 e. The molecule has 188 valence electrons. The van der Waals surface area contributed by atoms with Crippen molar-refractivity contribution in [3.8, 4) is 10.6 Å². The van der Waals surface area contributed by atoms with E-state index in [1.54, 1.807) is 12.1 Å². The normalized spacial score (nSPS) is 18.5. The zero-order valence-electron chi connectivity index (χ0n) is 19.9. The quantitative estimate of drug-likeness (QED) is 0.333. The first kappa shape index (κ1) is 23.5. The SMILES string of the molecule is O=C(O)O[C@@H]1CCCN(C(=O)c2ccc(-c3nc4ccc(C5(c6ccccc6)CC5)nc4s3)c(F)c2)C1. The van der Waals surface area contributed by atoms with Gasteiger partial charge in [0.1, 0.15) is 27.3 Å². The Kier molecular flexibility index (Phi) is 5.87. The fraction of sp³-hybridized carbons (Fsp3) is 0.286. The van der Waals surface area contributed by atoms with E-state index in [0.717, 1.165) is 23.4 Å². The fourth-order valence-corrected chi connectivity index (χ4v) is 6.10. The number of nitrogens with zero attached hydrogens (tertiary/aromatic N) is 3. The van der Waals surface area contributed by atoms with E-state index in [0.29, 0.717) is 35.5 Å². The van der Waals surface area contributed by atoms with Crippen molar-refractivity contribution in [1.82, 2.24) is 14.9 Å². The lowest BCUT2D eigenvalue weighted by Crippen LogP contribution is -2.43. The van der Waals surface area contributed by atoms with Gasteiger partial charge in [0.15, 0.2) is 0 Å². The molecule has 0 bridgehead atoms. The van der Waals surface area contributed by atoms with Crippen LogP contribution in [0.1, 0.15) is 47.3 Å². The van der Waals surface area contributed by atoms with Crippen LogP contribution in [-0.4, -0.2) is 51.2 Å². The Hall–Kier alpha value is -3.85. The number of pyridine rings is 1. The van der Waals surface area contributed by atoms with Crippen LogP contribution in [-0.2, 0) is 10.2 Å². The number of ether oxygens (including phenoxy) is 1. The minimum absolute atomic E-state index is 0.0597. The number of carbonyl (C=O) groups excluding carboxylic acids is 1. The fourth-order valence-electron chi connectivity index (χ4n) is 5.14. The van der Waals surface area contributed by atoms with Crippen LogP contribution in [0.25, 0.3) is 20.9 Å². The third-order valence-electron chi connectivity index (χ3n) is 7.20. The molecule has 2 fully saturated rings. The highest BCUT2D eigenvalue weighted by Crippen LogP contribution is 2.53. The van der Waals surface area contributed by atoms with E-state index in [1.807, 2.05) is 30.3 Å². The van der Waals surface area contributed by atoms with Gasteiger partial charge in [0.2, 0.25) is 0 Å². The maximum absolute atomic E-state index is 15.2. The molecule has 2 aromatic heterocycles. The Morgan fingerprint density at radius 2 is 1.89 bits per heavy atom. The summed E-state index contributed by atoms with van der Waals surface area (Å²) in [4.78, 5) is 35.6. The van der Waals surface area contributed by atoms with Crippen LogP contribution in [0.3, 0.4) is 0 Å². The Balaban J connectivity index is 1.24. The van der Waals surface area contributed by atoms with Crippen molar-refractivity contribution in [2.75, 3.05) is 13.1 Å². The van der Waals surface area contributed by atoms with E-state index in [2.05, 4.69) is 17.1 Å². The molecule has 1 saturated heterocycles. The van der Waals surface area contributed by atoms with E-state index in [1.165, 1.54) is 27.9 Å². The minimum Gasteiger partial charge on any atom is -0.450 e. The molecular formula is C28H24FN3O4S. The van der Waals surface area contributed by atoms with Crippen molar-refractivity contribution in [3.05, 3.63) is 83.3 Å². The number of aromatic nitrogens is 2. The average Bonchev–Trinajstić information content (AvgIpc) is 3.61. The van der Waals surface area contributed by atoms with Gasteiger partial charge in [-0.3, -0.25) is 4.79 Å². The Labute approximate surface area is 216 Å². The van der Waals surface area contributed by atoms with Gasteiger partial charge in [-0.1, -0.05) is 41.7 Å². The maximum Gasteiger partial charge on any atom is 0.506 e. The van der Waals surface area contributed by atoms with Crippen LogP contribution in [0, 0.1) is 5.82 Å². The zero-order chi connectivity index (χ0) is 25.6. The molecule has 3 heterocycles. The molecule has 1 amide bonds. The first-order valence-corrected chi connectivity index (χ1v) is 13.1. The highest BCUT2D eigenvalue weighted by atomic mass is 32.1. The van der Waals surface area contributed by atoms with Crippen LogP contribution in [0.2, 0.25) is 0 Å². The molecule has 2 aromatic carbocycles. The van der Waals surface area contributed by atoms with Gasteiger partial charge in [0, 0.05) is 23.1 Å². The standard InChI is InChI=1S/C28H24FN3O4S/c29-21-15-17(26(33)32-14-4-7-19(16-32)36-27(34)35)8-9-20(21)24-30-22-10-11-23(31-25(22)37-24)28(12-13-28)18-5-2-1-3-6-18/h1-3,5-6,8-11,15,19H,4,7,12-14,16H2,(H,34,35)/t19-/m1/s1. The second-order valence-corrected chi connectivity index (χ2v) is 10.6. The number of piperidine rings is 1. The molecule has 0 spiro atoms. The largest absolute Gasteiger partial charge is 0.506 e. The van der Waals surface area contributed by atoms with Crippen molar-refractivity contribution in [1.29, 1.82) is 0 Å². The van der Waals surface area contributed by atoms with E-state index in [9.17, 15) is 9.59 Å². The van der Waals surface area contributed by atoms with Crippen molar-refractivity contribution in [2.45, 2.75) is 37.2 Å². The molecule has 0 radical (unpaired) electrons. The lowest BCUT2D eigenvalue weighted by Gasteiger charge is -2.31. The van der Waals surface area contributed by atoms with Crippen molar-refractivity contribution in [2.24, 2.45) is 0 Å². The summed E-state index contributed by atoms with van der Waals surface area (Å²) >= 11 is 1.34. The van der Waals surface area contributed by atoms with Crippen LogP contribution in [0.5, 0.6) is 0 Å². The van der Waals surface area contributed by atoms with Crippen molar-refractivity contribution in [3.63, 3.8) is 0 Å². The number of hydrogen-bond acceptors (Lipinski definition) is 6. The average molecular weight is 518 g/mol. The third-order valence-corrected chi connectivity index (χ3v) is 8.20. The summed E-state index contributed by atoms with van der Waals surface area (Å²) in [6, 6.07) is 18.7. The summed E-state index contributed by atoms with van der Waals surface area (Å²) < 4.78 is 20.0. The van der Waals surface area contributed by atoms with E-state index in [-0.39, 0.29) is 23.4 Å². The first-order valence-electron chi connectivity index (χ1n) is 12.3. The number of halogens is 1. The van der Waals surface area contributed by atoms with Gasteiger partial charge in [-0.2, -0.15) is 0 Å². The summed E-state index contributed by atoms with van der Waals surface area (Å²) in [7, 11) is 0. The minimum atomic E-state index is -1.36. The van der Waals surface area contributed by atoms with Gasteiger partial charge < -0.3 is 14.7 Å². The summed E-state index contributed by atoms with van der Waals surface area (Å²) in [6.45, 7) is 0.628. The first-order chi connectivity index (χ1) is 17.9. The number of hydrogen-bond donors (Lipinski definition) is 1. The van der Waals surface area contributed by atoms with E-state index in [4.69, 9.17) is 14.8 Å². The monoisotopic (exact) mass is 517 g/mol. The number of fused-ring (bicyclic) bond motifs is 1. The van der Waals surface area contributed by atoms with Crippen molar-refractivity contribution < 1.29 is 23.8 Å². The molecule has 7 nitrogen and oxygen atoms in total. The number of amides is 1. The van der Waals surface area contributed by atoms with Crippen LogP contribution in [0.4, 0.5) is 9.18 Å². The van der Waals surface area contributed by atoms with E-state index >= 15 is 4.39 Å². The molecule has 4 aromatic rings. The predicted molar refractivity (Wildman–Crippen MR) is 137 cm³/mol. The third kappa shape index (κ3) is 4.44. The predicted octanol–water partition coefficient (Wildman–Crippen LogP) is 5.88. The zero-order valence-corrected chi connectivity index (χ0v) is 20.7. The molecule has 37 heavy (non-hydrogen) atoms. The number of carbonyl (C=O) groups is 2.